The van der Waals surface area contributed by atoms with Crippen molar-refractivity contribution in [2.75, 3.05) is 20.2 Å². The van der Waals surface area contributed by atoms with E-state index in [0.717, 1.165) is 24.2 Å². The summed E-state index contributed by atoms with van der Waals surface area (Å²) < 4.78 is 18.6. The van der Waals surface area contributed by atoms with Crippen LogP contribution >= 0.6 is 0 Å². The Balaban J connectivity index is 2.50. The Hall–Kier alpha value is -0.970. The molecule has 0 saturated heterocycles. The normalized spacial score (nSPS) is 11.5. The van der Waals surface area contributed by atoms with Gasteiger partial charge in [-0.3, -0.25) is 4.90 Å². The summed E-state index contributed by atoms with van der Waals surface area (Å²) in [5, 5.41) is 0. The van der Waals surface area contributed by atoms with Crippen LogP contribution in [0.1, 0.15) is 25.0 Å². The molecule has 0 fully saturated rings. The summed E-state index contributed by atoms with van der Waals surface area (Å²) in [5.41, 5.74) is 7.57. The van der Waals surface area contributed by atoms with Crippen LogP contribution in [0, 0.1) is 5.82 Å². The maximum Gasteiger partial charge on any atom is 0.123 e. The first kappa shape index (κ1) is 15.1. The smallest absolute Gasteiger partial charge is 0.123 e. The maximum absolute atomic E-state index is 13.1. The van der Waals surface area contributed by atoms with Gasteiger partial charge < -0.3 is 10.5 Å². The van der Waals surface area contributed by atoms with Gasteiger partial charge in [0.05, 0.1) is 12.7 Å². The number of halogens is 1. The molecule has 0 heterocycles. The van der Waals surface area contributed by atoms with Gasteiger partial charge in [0.15, 0.2) is 0 Å². The van der Waals surface area contributed by atoms with E-state index in [1.54, 1.807) is 6.07 Å². The second kappa shape index (κ2) is 7.46. The molecular formula is C14H23FN2O. The van der Waals surface area contributed by atoms with Crippen LogP contribution < -0.4 is 5.73 Å². The number of hydrogen-bond donors (Lipinski definition) is 1. The third-order valence-electron chi connectivity index (χ3n) is 2.75. The van der Waals surface area contributed by atoms with Crippen molar-refractivity contribution in [1.29, 1.82) is 0 Å². The average Bonchev–Trinajstić information content (AvgIpc) is 2.31. The third kappa shape index (κ3) is 5.12. The quantitative estimate of drug-likeness (QED) is 0.810. The summed E-state index contributed by atoms with van der Waals surface area (Å²) in [5.74, 6) is -0.231. The van der Waals surface area contributed by atoms with E-state index >= 15 is 0 Å². The van der Waals surface area contributed by atoms with Gasteiger partial charge in [0.25, 0.3) is 0 Å². The van der Waals surface area contributed by atoms with Crippen LogP contribution in [0.3, 0.4) is 0 Å². The number of benzene rings is 1. The summed E-state index contributed by atoms with van der Waals surface area (Å²) in [6.07, 6.45) is 0.254. The molecule has 0 atom stereocenters. The van der Waals surface area contributed by atoms with Gasteiger partial charge in [-0.1, -0.05) is 6.07 Å². The molecule has 0 aliphatic carbocycles. The molecule has 0 bridgehead atoms. The predicted molar refractivity (Wildman–Crippen MR) is 71.7 cm³/mol. The number of hydrogen-bond acceptors (Lipinski definition) is 3. The van der Waals surface area contributed by atoms with Crippen molar-refractivity contribution in [3.8, 4) is 0 Å². The fourth-order valence-corrected chi connectivity index (χ4v) is 1.75. The van der Waals surface area contributed by atoms with Crippen molar-refractivity contribution in [1.82, 2.24) is 4.90 Å². The molecule has 1 aromatic rings. The highest BCUT2D eigenvalue weighted by Crippen LogP contribution is 2.12. The van der Waals surface area contributed by atoms with E-state index in [1.807, 2.05) is 20.9 Å². The molecule has 1 aromatic carbocycles. The topological polar surface area (TPSA) is 38.5 Å². The number of ether oxygens (including phenoxy) is 1. The second-order valence-electron chi connectivity index (χ2n) is 4.77. The molecule has 102 valence electrons. The molecule has 4 heteroatoms. The molecule has 0 aromatic heterocycles. The van der Waals surface area contributed by atoms with E-state index in [9.17, 15) is 4.39 Å². The van der Waals surface area contributed by atoms with Crippen molar-refractivity contribution in [2.24, 2.45) is 5.73 Å². The molecule has 3 nitrogen and oxygen atoms in total. The van der Waals surface area contributed by atoms with Crippen molar-refractivity contribution < 1.29 is 9.13 Å². The molecule has 0 saturated carbocycles. The van der Waals surface area contributed by atoms with E-state index in [1.165, 1.54) is 12.1 Å². The largest absolute Gasteiger partial charge is 0.377 e. The van der Waals surface area contributed by atoms with Crippen LogP contribution in [0.5, 0.6) is 0 Å². The molecule has 0 amide bonds. The van der Waals surface area contributed by atoms with Gasteiger partial charge in [0, 0.05) is 19.6 Å². The Bertz CT molecular complexity index is 369. The van der Waals surface area contributed by atoms with Crippen LogP contribution in [-0.2, 0) is 17.8 Å². The molecular weight excluding hydrogens is 231 g/mol. The van der Waals surface area contributed by atoms with Crippen LogP contribution in [0.4, 0.5) is 4.39 Å². The lowest BCUT2D eigenvalue weighted by atomic mass is 10.1. The first-order valence-electron chi connectivity index (χ1n) is 6.30. The number of nitrogens with zero attached hydrogens (tertiary/aromatic N) is 1. The van der Waals surface area contributed by atoms with Crippen LogP contribution in [0.15, 0.2) is 18.2 Å². The second-order valence-corrected chi connectivity index (χ2v) is 4.77. The molecule has 1 rings (SSSR count). The zero-order valence-electron chi connectivity index (χ0n) is 11.4. The summed E-state index contributed by atoms with van der Waals surface area (Å²) in [6, 6.07) is 4.79. The lowest BCUT2D eigenvalue weighted by Gasteiger charge is -2.19. The zero-order chi connectivity index (χ0) is 13.5. The Kier molecular flexibility index (Phi) is 6.25. The molecule has 0 aliphatic rings. The lowest BCUT2D eigenvalue weighted by molar-refractivity contribution is 0.0626. The molecule has 2 N–H and O–H groups in total. The third-order valence-corrected chi connectivity index (χ3v) is 2.75. The van der Waals surface area contributed by atoms with E-state index in [2.05, 4.69) is 4.90 Å². The summed E-state index contributed by atoms with van der Waals surface area (Å²) in [6.45, 7) is 6.71. The fraction of sp³-hybridized carbons (Fsp3) is 0.571. The van der Waals surface area contributed by atoms with Gasteiger partial charge in [-0.25, -0.2) is 4.39 Å². The van der Waals surface area contributed by atoms with Crippen LogP contribution in [0.25, 0.3) is 0 Å². The lowest BCUT2D eigenvalue weighted by Crippen LogP contribution is -2.24. The standard InChI is InChI=1S/C14H23FN2O/c1-11(2)18-7-6-17(3)10-12-4-5-14(15)8-13(12)9-16/h4-5,8,11H,6-7,9-10,16H2,1-3H3. The van der Waals surface area contributed by atoms with E-state index in [0.29, 0.717) is 13.2 Å². The van der Waals surface area contributed by atoms with Crippen molar-refractivity contribution in [3.63, 3.8) is 0 Å². The molecule has 0 aliphatic heterocycles. The molecule has 0 radical (unpaired) electrons. The maximum atomic E-state index is 13.1. The minimum absolute atomic E-state index is 0.231. The van der Waals surface area contributed by atoms with Crippen molar-refractivity contribution in [2.45, 2.75) is 33.0 Å². The summed E-state index contributed by atoms with van der Waals surface area (Å²) in [7, 11) is 2.02. The van der Waals surface area contributed by atoms with Gasteiger partial charge in [0.2, 0.25) is 0 Å². The van der Waals surface area contributed by atoms with E-state index < -0.39 is 0 Å². The van der Waals surface area contributed by atoms with Gasteiger partial charge >= 0.3 is 0 Å². The van der Waals surface area contributed by atoms with E-state index in [4.69, 9.17) is 10.5 Å². The van der Waals surface area contributed by atoms with Gasteiger partial charge in [-0.15, -0.1) is 0 Å². The predicted octanol–water partition coefficient (Wildman–Crippen LogP) is 2.14. The summed E-state index contributed by atoms with van der Waals surface area (Å²) >= 11 is 0. The Morgan fingerprint density at radius 2 is 2.06 bits per heavy atom. The minimum atomic E-state index is -0.231. The Morgan fingerprint density at radius 3 is 2.67 bits per heavy atom. The highest BCUT2D eigenvalue weighted by molar-refractivity contribution is 5.27. The van der Waals surface area contributed by atoms with Crippen molar-refractivity contribution in [3.05, 3.63) is 35.1 Å². The number of nitrogens with two attached hydrogens (primary N) is 1. The van der Waals surface area contributed by atoms with Gasteiger partial charge in [-0.2, -0.15) is 0 Å². The molecule has 18 heavy (non-hydrogen) atoms. The highest BCUT2D eigenvalue weighted by atomic mass is 19.1. The number of rotatable bonds is 7. The highest BCUT2D eigenvalue weighted by Gasteiger charge is 2.06. The minimum Gasteiger partial charge on any atom is -0.377 e. The monoisotopic (exact) mass is 254 g/mol. The average molecular weight is 254 g/mol. The molecule has 0 unspecified atom stereocenters. The van der Waals surface area contributed by atoms with Crippen LogP contribution in [-0.4, -0.2) is 31.2 Å². The summed E-state index contributed by atoms with van der Waals surface area (Å²) in [4.78, 5) is 2.15. The SMILES string of the molecule is CC(C)OCCN(C)Cc1ccc(F)cc1CN. The van der Waals surface area contributed by atoms with Gasteiger partial charge in [-0.05, 0) is 44.2 Å². The van der Waals surface area contributed by atoms with E-state index in [-0.39, 0.29) is 11.9 Å². The first-order chi connectivity index (χ1) is 8.52. The zero-order valence-corrected chi connectivity index (χ0v) is 11.4. The van der Waals surface area contributed by atoms with Crippen LogP contribution in [0.2, 0.25) is 0 Å². The Morgan fingerprint density at radius 1 is 1.33 bits per heavy atom. The fourth-order valence-electron chi connectivity index (χ4n) is 1.75. The van der Waals surface area contributed by atoms with Gasteiger partial charge in [0.1, 0.15) is 5.82 Å². The molecule has 0 spiro atoms. The van der Waals surface area contributed by atoms with Crippen molar-refractivity contribution >= 4 is 0 Å². The first-order valence-corrected chi connectivity index (χ1v) is 6.30. The Labute approximate surface area is 109 Å². The number of likely N-dealkylation sites (N-methyl/N-ethyl adjacent to an activating group) is 1.